The van der Waals surface area contributed by atoms with Crippen LogP contribution in [0.5, 0.6) is 5.75 Å². The average molecular weight is 522 g/mol. The van der Waals surface area contributed by atoms with Crippen molar-refractivity contribution in [1.82, 2.24) is 4.90 Å². The van der Waals surface area contributed by atoms with Crippen LogP contribution in [0.3, 0.4) is 0 Å². The Kier molecular flexibility index (Phi) is 7.69. The van der Waals surface area contributed by atoms with E-state index in [1.165, 1.54) is 5.56 Å². The number of amides is 3. The highest BCUT2D eigenvalue weighted by Crippen LogP contribution is 2.46. The molecule has 0 saturated carbocycles. The molecule has 2 aliphatic heterocycles. The van der Waals surface area contributed by atoms with Gasteiger partial charge in [-0.2, -0.15) is 0 Å². The van der Waals surface area contributed by atoms with E-state index in [9.17, 15) is 14.4 Å². The topological polar surface area (TPSA) is 79.0 Å². The number of carbonyl (C=O) groups excluding carboxylic acids is 3. The number of ether oxygens (including phenoxy) is 1. The number of anilines is 2. The van der Waals surface area contributed by atoms with Crippen molar-refractivity contribution in [3.05, 3.63) is 58.0 Å². The molecule has 3 amide bonds. The van der Waals surface area contributed by atoms with Gasteiger partial charge in [-0.1, -0.05) is 32.0 Å². The molecule has 37 heavy (non-hydrogen) atoms. The highest BCUT2D eigenvalue weighted by molar-refractivity contribution is 8.18. The minimum atomic E-state index is -0.475. The van der Waals surface area contributed by atoms with Crippen LogP contribution in [0, 0.1) is 6.92 Å². The molecule has 2 aliphatic rings. The summed E-state index contributed by atoms with van der Waals surface area (Å²) in [4.78, 5) is 42.1. The second-order valence-corrected chi connectivity index (χ2v) is 11.3. The first-order valence-corrected chi connectivity index (χ1v) is 13.5. The molecule has 1 fully saturated rings. The van der Waals surface area contributed by atoms with Crippen molar-refractivity contribution in [3.63, 3.8) is 0 Å². The molecule has 8 heteroatoms. The largest absolute Gasteiger partial charge is 0.496 e. The number of fused-ring (bicyclic) bond motifs is 1. The molecule has 196 valence electrons. The lowest BCUT2D eigenvalue weighted by molar-refractivity contribution is -0.127. The van der Waals surface area contributed by atoms with Crippen LogP contribution < -0.4 is 15.0 Å². The zero-order chi connectivity index (χ0) is 26.9. The van der Waals surface area contributed by atoms with E-state index in [0.717, 1.165) is 52.9 Å². The number of imide groups is 1. The third-order valence-electron chi connectivity index (χ3n) is 7.07. The fourth-order valence-corrected chi connectivity index (χ4v) is 6.12. The molecule has 0 spiro atoms. The maximum atomic E-state index is 13.1. The van der Waals surface area contributed by atoms with Crippen LogP contribution in [-0.4, -0.2) is 47.7 Å². The fourth-order valence-electron chi connectivity index (χ4n) is 5.29. The predicted octanol–water partition coefficient (Wildman–Crippen LogP) is 6.18. The number of benzene rings is 2. The molecule has 0 bridgehead atoms. The Morgan fingerprint density at radius 2 is 1.97 bits per heavy atom. The molecule has 2 aromatic rings. The second kappa shape index (κ2) is 10.6. The van der Waals surface area contributed by atoms with E-state index < -0.39 is 17.1 Å². The van der Waals surface area contributed by atoms with Crippen molar-refractivity contribution in [2.24, 2.45) is 0 Å². The van der Waals surface area contributed by atoms with E-state index in [2.05, 4.69) is 44.0 Å². The van der Waals surface area contributed by atoms with Crippen molar-refractivity contribution < 1.29 is 19.1 Å². The van der Waals surface area contributed by atoms with E-state index in [4.69, 9.17) is 4.74 Å². The van der Waals surface area contributed by atoms with Gasteiger partial charge in [-0.15, -0.1) is 0 Å². The zero-order valence-corrected chi connectivity index (χ0v) is 23.2. The highest BCUT2D eigenvalue weighted by Gasteiger charge is 2.38. The number of methoxy groups -OCH3 is 1. The van der Waals surface area contributed by atoms with E-state index in [1.807, 2.05) is 31.2 Å². The maximum Gasteiger partial charge on any atom is 0.294 e. The number of hydrogen-bond acceptors (Lipinski definition) is 6. The molecule has 7 nitrogen and oxygen atoms in total. The number of nitrogens with one attached hydrogen (secondary N) is 1. The summed E-state index contributed by atoms with van der Waals surface area (Å²) in [6, 6.07) is 11.5. The van der Waals surface area contributed by atoms with Crippen LogP contribution >= 0.6 is 11.8 Å². The number of thioether (sulfide) groups is 1. The van der Waals surface area contributed by atoms with Crippen LogP contribution in [0.4, 0.5) is 16.2 Å². The summed E-state index contributed by atoms with van der Waals surface area (Å²) >= 11 is 0.846. The Morgan fingerprint density at radius 1 is 1.24 bits per heavy atom. The van der Waals surface area contributed by atoms with Crippen LogP contribution in [0.2, 0.25) is 0 Å². The number of hydrogen-bond donors (Lipinski definition) is 1. The summed E-state index contributed by atoms with van der Waals surface area (Å²) < 4.78 is 5.73. The fraction of sp³-hybridized carbons (Fsp3) is 0.414. The number of nitrogens with zero attached hydrogens (tertiary/aromatic N) is 2. The molecule has 0 radical (unpaired) electrons. The average Bonchev–Trinajstić information content (AvgIpc) is 3.10. The SMILES string of the molecule is CCCN1c2cc(OC)c(/C=C3/SC(=O)N(CC(=O)Nc4ccccc4C)C3=O)cc2C(C)CC1(C)C. The first-order valence-electron chi connectivity index (χ1n) is 12.7. The second-order valence-electron chi connectivity index (χ2n) is 10.4. The van der Waals surface area contributed by atoms with Crippen molar-refractivity contribution in [2.75, 3.05) is 30.4 Å². The van der Waals surface area contributed by atoms with E-state index in [0.29, 0.717) is 17.4 Å². The Morgan fingerprint density at radius 3 is 2.65 bits per heavy atom. The van der Waals surface area contributed by atoms with Gasteiger partial charge in [0.25, 0.3) is 11.1 Å². The monoisotopic (exact) mass is 521 g/mol. The molecule has 1 atom stereocenters. The molecule has 2 heterocycles. The van der Waals surface area contributed by atoms with Gasteiger partial charge in [0.2, 0.25) is 5.91 Å². The van der Waals surface area contributed by atoms with Crippen LogP contribution in [0.25, 0.3) is 6.08 Å². The number of para-hydroxylation sites is 1. The molecule has 0 aliphatic carbocycles. The minimum absolute atomic E-state index is 0.0243. The van der Waals surface area contributed by atoms with Gasteiger partial charge in [0.15, 0.2) is 0 Å². The van der Waals surface area contributed by atoms with Gasteiger partial charge in [-0.25, -0.2) is 0 Å². The molecular weight excluding hydrogens is 486 g/mol. The number of carbonyl (C=O) groups is 3. The van der Waals surface area contributed by atoms with Gasteiger partial charge in [0.1, 0.15) is 12.3 Å². The van der Waals surface area contributed by atoms with Gasteiger partial charge in [0, 0.05) is 35.1 Å². The summed E-state index contributed by atoms with van der Waals surface area (Å²) in [7, 11) is 1.61. The molecule has 1 unspecified atom stereocenters. The Bertz CT molecular complexity index is 1270. The molecular formula is C29H35N3O4S. The summed E-state index contributed by atoms with van der Waals surface area (Å²) in [5, 5.41) is 2.32. The lowest BCUT2D eigenvalue weighted by Gasteiger charge is -2.47. The molecule has 1 saturated heterocycles. The molecule has 1 N–H and O–H groups in total. The van der Waals surface area contributed by atoms with E-state index in [1.54, 1.807) is 19.3 Å². The Labute approximate surface area is 223 Å². The van der Waals surface area contributed by atoms with Gasteiger partial charge in [0.05, 0.1) is 12.0 Å². The smallest absolute Gasteiger partial charge is 0.294 e. The number of rotatable bonds is 7. The lowest BCUT2D eigenvalue weighted by atomic mass is 9.79. The highest BCUT2D eigenvalue weighted by atomic mass is 32.2. The van der Waals surface area contributed by atoms with Crippen molar-refractivity contribution in [3.8, 4) is 5.75 Å². The molecule has 0 aromatic heterocycles. The van der Waals surface area contributed by atoms with Gasteiger partial charge in [-0.3, -0.25) is 19.3 Å². The van der Waals surface area contributed by atoms with Crippen LogP contribution in [0.1, 0.15) is 63.1 Å². The predicted molar refractivity (Wildman–Crippen MR) is 150 cm³/mol. The van der Waals surface area contributed by atoms with Gasteiger partial charge in [-0.05, 0) is 80.6 Å². The van der Waals surface area contributed by atoms with Crippen molar-refractivity contribution in [1.29, 1.82) is 0 Å². The Balaban J connectivity index is 1.60. The van der Waals surface area contributed by atoms with Crippen LogP contribution in [-0.2, 0) is 9.59 Å². The quantitative estimate of drug-likeness (QED) is 0.438. The van der Waals surface area contributed by atoms with Gasteiger partial charge < -0.3 is 15.0 Å². The van der Waals surface area contributed by atoms with E-state index in [-0.39, 0.29) is 17.0 Å². The van der Waals surface area contributed by atoms with Crippen LogP contribution in [0.15, 0.2) is 41.3 Å². The normalized spacial score (nSPS) is 19.8. The Hall–Kier alpha value is -3.26. The van der Waals surface area contributed by atoms with Crippen molar-refractivity contribution in [2.45, 2.75) is 58.9 Å². The zero-order valence-electron chi connectivity index (χ0n) is 22.4. The number of aryl methyl sites for hydroxylation is 1. The van der Waals surface area contributed by atoms with Crippen molar-refractivity contribution >= 4 is 46.3 Å². The lowest BCUT2D eigenvalue weighted by Crippen LogP contribution is -2.48. The minimum Gasteiger partial charge on any atom is -0.496 e. The first kappa shape index (κ1) is 26.8. The maximum absolute atomic E-state index is 13.1. The molecule has 2 aromatic carbocycles. The van der Waals surface area contributed by atoms with E-state index >= 15 is 0 Å². The summed E-state index contributed by atoms with van der Waals surface area (Å²) in [5.74, 6) is 0.0818. The molecule has 4 rings (SSSR count). The standard InChI is InChI=1S/C29H35N3O4S/c1-7-12-32-23-15-24(36-6)20(13-21(23)19(3)16-29(32,4)5)14-25-27(34)31(28(35)37-25)17-26(33)30-22-11-9-8-10-18(22)2/h8-11,13-15,19H,7,12,16-17H2,1-6H3,(H,30,33)/b25-14+. The summed E-state index contributed by atoms with van der Waals surface area (Å²) in [6.45, 7) is 11.4. The van der Waals surface area contributed by atoms with Gasteiger partial charge >= 0.3 is 0 Å². The third kappa shape index (κ3) is 5.39. The first-order chi connectivity index (χ1) is 17.6. The summed E-state index contributed by atoms with van der Waals surface area (Å²) in [5.41, 5.74) is 4.69. The third-order valence-corrected chi connectivity index (χ3v) is 7.97. The summed E-state index contributed by atoms with van der Waals surface area (Å²) in [6.07, 6.45) is 3.75.